The van der Waals surface area contributed by atoms with E-state index in [4.69, 9.17) is 4.74 Å². The van der Waals surface area contributed by atoms with Gasteiger partial charge in [-0.2, -0.15) is 0 Å². The summed E-state index contributed by atoms with van der Waals surface area (Å²) in [4.78, 5) is 2.00. The van der Waals surface area contributed by atoms with E-state index in [9.17, 15) is 15.3 Å². The Kier molecular flexibility index (Phi) is 5.65. The highest BCUT2D eigenvalue weighted by molar-refractivity contribution is 5.81. The maximum atomic E-state index is 10.1. The van der Waals surface area contributed by atoms with Crippen molar-refractivity contribution in [1.82, 2.24) is 0 Å². The van der Waals surface area contributed by atoms with Gasteiger partial charge >= 0.3 is 0 Å². The van der Waals surface area contributed by atoms with E-state index in [0.717, 1.165) is 33.8 Å². The molecule has 162 valence electrons. The van der Waals surface area contributed by atoms with Crippen LogP contribution in [0.1, 0.15) is 16.7 Å². The Balaban J connectivity index is 1.76. The second kappa shape index (κ2) is 8.55. The minimum absolute atomic E-state index is 0.163. The highest BCUT2D eigenvalue weighted by Gasteiger charge is 2.18. The third-order valence-corrected chi connectivity index (χ3v) is 5.35. The third kappa shape index (κ3) is 4.32. The molecule has 0 unspecified atom stereocenters. The van der Waals surface area contributed by atoms with Crippen molar-refractivity contribution in [2.75, 3.05) is 4.90 Å². The zero-order valence-electron chi connectivity index (χ0n) is 18.2. The van der Waals surface area contributed by atoms with Crippen molar-refractivity contribution in [3.8, 4) is 28.7 Å². The van der Waals surface area contributed by atoms with Crippen LogP contribution in [-0.2, 0) is 0 Å². The molecule has 0 radical (unpaired) electrons. The Hall–Kier alpha value is -4.12. The molecular formula is C27H25NO4. The van der Waals surface area contributed by atoms with Crippen LogP contribution < -0.4 is 9.64 Å². The summed E-state index contributed by atoms with van der Waals surface area (Å²) in [6.07, 6.45) is 0. The third-order valence-electron chi connectivity index (χ3n) is 5.35. The zero-order chi connectivity index (χ0) is 22.8. The van der Waals surface area contributed by atoms with Crippen molar-refractivity contribution in [2.45, 2.75) is 20.8 Å². The first-order valence-electron chi connectivity index (χ1n) is 10.3. The number of aryl methyl sites for hydroxylation is 3. The second-order valence-electron chi connectivity index (χ2n) is 7.82. The molecule has 0 bridgehead atoms. The highest BCUT2D eigenvalue weighted by Crippen LogP contribution is 2.41. The van der Waals surface area contributed by atoms with Gasteiger partial charge in [0.2, 0.25) is 0 Å². The summed E-state index contributed by atoms with van der Waals surface area (Å²) in [5.74, 6) is 1.85. The average molecular weight is 428 g/mol. The zero-order valence-corrected chi connectivity index (χ0v) is 18.2. The first kappa shape index (κ1) is 21.1. The van der Waals surface area contributed by atoms with Crippen molar-refractivity contribution in [2.24, 2.45) is 0 Å². The summed E-state index contributed by atoms with van der Waals surface area (Å²) in [5, 5.41) is 29.9. The number of phenolic OH excluding ortho intramolecular Hbond substituents is 3. The number of aromatic hydroxyl groups is 3. The fourth-order valence-electron chi connectivity index (χ4n) is 3.62. The Labute approximate surface area is 187 Å². The summed E-state index contributed by atoms with van der Waals surface area (Å²) in [7, 11) is 0. The molecule has 0 fully saturated rings. The Morgan fingerprint density at radius 1 is 0.562 bits per heavy atom. The average Bonchev–Trinajstić information content (AvgIpc) is 2.76. The number of phenols is 3. The number of rotatable bonds is 5. The molecule has 0 amide bonds. The Morgan fingerprint density at radius 2 is 1.06 bits per heavy atom. The molecule has 4 aromatic carbocycles. The maximum absolute atomic E-state index is 10.1. The molecule has 0 aliphatic carbocycles. The topological polar surface area (TPSA) is 73.2 Å². The molecule has 0 atom stereocenters. The minimum atomic E-state index is 0.163. The van der Waals surface area contributed by atoms with Crippen LogP contribution in [0.25, 0.3) is 0 Å². The SMILES string of the molecule is Cc1cc(O)ccc1Oc1ccc(N(c2cc(O)ccc2C)c2cc(O)ccc2C)cc1. The van der Waals surface area contributed by atoms with Crippen LogP contribution in [0.5, 0.6) is 28.7 Å². The van der Waals surface area contributed by atoms with Crippen molar-refractivity contribution >= 4 is 17.1 Å². The lowest BCUT2D eigenvalue weighted by Gasteiger charge is -2.28. The van der Waals surface area contributed by atoms with Gasteiger partial charge in [0.1, 0.15) is 28.7 Å². The number of anilines is 3. The molecule has 5 nitrogen and oxygen atoms in total. The first-order chi connectivity index (χ1) is 15.3. The molecule has 0 spiro atoms. The van der Waals surface area contributed by atoms with Gasteiger partial charge in [0.15, 0.2) is 0 Å². The monoisotopic (exact) mass is 427 g/mol. The molecule has 4 rings (SSSR count). The van der Waals surface area contributed by atoms with E-state index in [1.807, 2.05) is 62.1 Å². The molecule has 0 aliphatic rings. The molecule has 4 aromatic rings. The van der Waals surface area contributed by atoms with Gasteiger partial charge in [-0.15, -0.1) is 0 Å². The summed E-state index contributed by atoms with van der Waals surface area (Å²) in [6.45, 7) is 5.83. The van der Waals surface area contributed by atoms with Crippen LogP contribution >= 0.6 is 0 Å². The second-order valence-corrected chi connectivity index (χ2v) is 7.82. The lowest BCUT2D eigenvalue weighted by Crippen LogP contribution is -2.12. The Morgan fingerprint density at radius 3 is 1.59 bits per heavy atom. The fourth-order valence-corrected chi connectivity index (χ4v) is 3.62. The van der Waals surface area contributed by atoms with E-state index in [-0.39, 0.29) is 17.2 Å². The van der Waals surface area contributed by atoms with Crippen LogP contribution in [0, 0.1) is 20.8 Å². The van der Waals surface area contributed by atoms with Gasteiger partial charge in [0, 0.05) is 17.8 Å². The molecule has 0 aliphatic heterocycles. The van der Waals surface area contributed by atoms with E-state index in [2.05, 4.69) is 0 Å². The van der Waals surface area contributed by atoms with Crippen LogP contribution in [0.4, 0.5) is 17.1 Å². The molecule has 3 N–H and O–H groups in total. The Bertz CT molecular complexity index is 1210. The van der Waals surface area contributed by atoms with Crippen molar-refractivity contribution in [3.63, 3.8) is 0 Å². The maximum Gasteiger partial charge on any atom is 0.130 e. The standard InChI is InChI=1S/C27H25NO4/c1-17-4-8-22(30)15-25(17)28(26-16-23(31)9-5-18(26)2)20-6-11-24(12-7-20)32-27-13-10-21(29)14-19(27)3/h4-16,29-31H,1-3H3. The molecule has 32 heavy (non-hydrogen) atoms. The quantitative estimate of drug-likeness (QED) is 0.320. The number of nitrogens with zero attached hydrogens (tertiary/aromatic N) is 1. The molecule has 0 heterocycles. The van der Waals surface area contributed by atoms with Crippen LogP contribution in [0.2, 0.25) is 0 Å². The molecule has 0 saturated heterocycles. The van der Waals surface area contributed by atoms with E-state index in [0.29, 0.717) is 11.5 Å². The predicted molar refractivity (Wildman–Crippen MR) is 127 cm³/mol. The van der Waals surface area contributed by atoms with Gasteiger partial charge in [-0.1, -0.05) is 12.1 Å². The smallest absolute Gasteiger partial charge is 0.130 e. The largest absolute Gasteiger partial charge is 0.508 e. The minimum Gasteiger partial charge on any atom is -0.508 e. The van der Waals surface area contributed by atoms with Gasteiger partial charge < -0.3 is 25.0 Å². The van der Waals surface area contributed by atoms with Crippen molar-refractivity contribution in [3.05, 3.63) is 95.6 Å². The van der Waals surface area contributed by atoms with Crippen LogP contribution in [0.3, 0.4) is 0 Å². The summed E-state index contributed by atoms with van der Waals surface area (Å²) in [5.41, 5.74) is 5.25. The van der Waals surface area contributed by atoms with Crippen LogP contribution in [-0.4, -0.2) is 15.3 Å². The lowest BCUT2D eigenvalue weighted by molar-refractivity contribution is 0.461. The molecule has 0 saturated carbocycles. The fraction of sp³-hybridized carbons (Fsp3) is 0.111. The number of ether oxygens (including phenoxy) is 1. The van der Waals surface area contributed by atoms with E-state index in [1.165, 1.54) is 0 Å². The molecular weight excluding hydrogens is 402 g/mol. The first-order valence-corrected chi connectivity index (χ1v) is 10.3. The van der Waals surface area contributed by atoms with E-state index in [1.54, 1.807) is 42.5 Å². The van der Waals surface area contributed by atoms with Gasteiger partial charge in [0.05, 0.1) is 11.4 Å². The van der Waals surface area contributed by atoms with Gasteiger partial charge in [-0.05, 0) is 92.1 Å². The molecule has 0 aromatic heterocycles. The van der Waals surface area contributed by atoms with Gasteiger partial charge in [-0.3, -0.25) is 0 Å². The summed E-state index contributed by atoms with van der Waals surface area (Å²) >= 11 is 0. The van der Waals surface area contributed by atoms with Crippen molar-refractivity contribution in [1.29, 1.82) is 0 Å². The molecule has 5 heteroatoms. The summed E-state index contributed by atoms with van der Waals surface area (Å²) in [6, 6.07) is 23.0. The highest BCUT2D eigenvalue weighted by atomic mass is 16.5. The van der Waals surface area contributed by atoms with Crippen molar-refractivity contribution < 1.29 is 20.1 Å². The van der Waals surface area contributed by atoms with Gasteiger partial charge in [0.25, 0.3) is 0 Å². The number of hydrogen-bond acceptors (Lipinski definition) is 5. The normalized spacial score (nSPS) is 10.7. The number of hydrogen-bond donors (Lipinski definition) is 3. The summed E-state index contributed by atoms with van der Waals surface area (Å²) < 4.78 is 5.99. The number of benzene rings is 4. The van der Waals surface area contributed by atoms with E-state index < -0.39 is 0 Å². The predicted octanol–water partition coefficient (Wildman–Crippen LogP) is 6.99. The van der Waals surface area contributed by atoms with Crippen LogP contribution in [0.15, 0.2) is 78.9 Å². The van der Waals surface area contributed by atoms with Gasteiger partial charge in [-0.25, -0.2) is 0 Å². The van der Waals surface area contributed by atoms with E-state index >= 15 is 0 Å². The lowest BCUT2D eigenvalue weighted by atomic mass is 10.1.